The van der Waals surface area contributed by atoms with Gasteiger partial charge in [0.05, 0.1) is 10.6 Å². The molecule has 148 valence electrons. The summed E-state index contributed by atoms with van der Waals surface area (Å²) >= 11 is 1.71. The van der Waals surface area contributed by atoms with E-state index in [4.69, 9.17) is 4.98 Å². The summed E-state index contributed by atoms with van der Waals surface area (Å²) in [4.78, 5) is 18.7. The maximum Gasteiger partial charge on any atom is 0.229 e. The molecule has 3 aromatic heterocycles. The van der Waals surface area contributed by atoms with Gasteiger partial charge in [0.25, 0.3) is 0 Å². The third-order valence-electron chi connectivity index (χ3n) is 5.35. The molecule has 5 rings (SSSR count). The molecule has 29 heavy (non-hydrogen) atoms. The van der Waals surface area contributed by atoms with E-state index in [9.17, 15) is 0 Å². The monoisotopic (exact) mass is 404 g/mol. The normalized spacial score (nSPS) is 15.2. The summed E-state index contributed by atoms with van der Waals surface area (Å²) in [6, 6.07) is 12.7. The number of hydrogen-bond acceptors (Lipinski definition) is 6. The Balaban J connectivity index is 1.46. The molecule has 0 spiro atoms. The number of rotatable bonds is 4. The maximum absolute atomic E-state index is 4.85. The molecule has 0 unspecified atom stereocenters. The van der Waals surface area contributed by atoms with Gasteiger partial charge in [-0.2, -0.15) is 4.98 Å². The van der Waals surface area contributed by atoms with Crippen molar-refractivity contribution in [3.8, 4) is 10.6 Å². The van der Waals surface area contributed by atoms with Crippen molar-refractivity contribution in [2.75, 3.05) is 43.4 Å². The fraction of sp³-hybridized carbons (Fsp3) is 0.273. The van der Waals surface area contributed by atoms with E-state index in [0.29, 0.717) is 5.95 Å². The number of aromatic amines is 1. The molecular formula is C22H24N6S. The van der Waals surface area contributed by atoms with Crippen molar-refractivity contribution in [1.29, 1.82) is 0 Å². The third-order valence-corrected chi connectivity index (χ3v) is 6.41. The number of likely N-dealkylation sites (N-methyl/N-ethyl adjacent to an activating group) is 1. The Kier molecular flexibility index (Phi) is 4.69. The van der Waals surface area contributed by atoms with Gasteiger partial charge in [0, 0.05) is 49.1 Å². The van der Waals surface area contributed by atoms with Gasteiger partial charge in [-0.05, 0) is 55.2 Å². The molecule has 4 heterocycles. The molecule has 1 aromatic carbocycles. The minimum absolute atomic E-state index is 0.608. The summed E-state index contributed by atoms with van der Waals surface area (Å²) in [6.45, 7) is 6.39. The Hall–Kier alpha value is -2.90. The summed E-state index contributed by atoms with van der Waals surface area (Å²) in [5.41, 5.74) is 5.30. The number of thiophene rings is 1. The highest BCUT2D eigenvalue weighted by Gasteiger charge is 2.15. The molecule has 6 nitrogen and oxygen atoms in total. The molecule has 0 saturated carbocycles. The van der Waals surface area contributed by atoms with E-state index >= 15 is 0 Å². The van der Waals surface area contributed by atoms with Crippen LogP contribution in [0.2, 0.25) is 0 Å². The summed E-state index contributed by atoms with van der Waals surface area (Å²) in [7, 11) is 2.18. The van der Waals surface area contributed by atoms with Crippen LogP contribution in [0.5, 0.6) is 0 Å². The lowest BCUT2D eigenvalue weighted by Crippen LogP contribution is -2.44. The lowest BCUT2D eigenvalue weighted by molar-refractivity contribution is 0.313. The van der Waals surface area contributed by atoms with Gasteiger partial charge in [-0.15, -0.1) is 11.3 Å². The number of aromatic nitrogens is 3. The van der Waals surface area contributed by atoms with E-state index in [1.54, 1.807) is 11.3 Å². The molecule has 0 atom stereocenters. The predicted octanol–water partition coefficient (Wildman–Crippen LogP) is 4.49. The molecule has 7 heteroatoms. The molecule has 2 N–H and O–H groups in total. The van der Waals surface area contributed by atoms with Crippen LogP contribution in [0.15, 0.2) is 48.0 Å². The average molecular weight is 405 g/mol. The van der Waals surface area contributed by atoms with Crippen LogP contribution in [-0.4, -0.2) is 53.1 Å². The number of aryl methyl sites for hydroxylation is 1. The minimum atomic E-state index is 0.608. The summed E-state index contributed by atoms with van der Waals surface area (Å²) < 4.78 is 0. The second-order valence-corrected chi connectivity index (χ2v) is 8.50. The Labute approximate surface area is 174 Å². The number of hydrogen-bond donors (Lipinski definition) is 2. The topological polar surface area (TPSA) is 60.1 Å². The van der Waals surface area contributed by atoms with Crippen LogP contribution in [0.4, 0.5) is 17.3 Å². The van der Waals surface area contributed by atoms with Gasteiger partial charge in [0.2, 0.25) is 5.95 Å². The van der Waals surface area contributed by atoms with Crippen molar-refractivity contribution in [1.82, 2.24) is 19.9 Å². The van der Waals surface area contributed by atoms with Crippen molar-refractivity contribution >= 4 is 39.7 Å². The highest BCUT2D eigenvalue weighted by atomic mass is 32.1. The molecular weight excluding hydrogens is 380 g/mol. The van der Waals surface area contributed by atoms with Crippen molar-refractivity contribution < 1.29 is 0 Å². The summed E-state index contributed by atoms with van der Waals surface area (Å²) in [5.74, 6) is 0.608. The van der Waals surface area contributed by atoms with E-state index in [-0.39, 0.29) is 0 Å². The first-order chi connectivity index (χ1) is 14.2. The number of fused-ring (bicyclic) bond motifs is 1. The van der Waals surface area contributed by atoms with Gasteiger partial charge in [-0.3, -0.25) is 0 Å². The van der Waals surface area contributed by atoms with E-state index in [1.807, 2.05) is 12.3 Å². The van der Waals surface area contributed by atoms with Gasteiger partial charge in [-0.25, -0.2) is 4.98 Å². The van der Waals surface area contributed by atoms with Crippen LogP contribution in [0, 0.1) is 6.92 Å². The van der Waals surface area contributed by atoms with Crippen LogP contribution in [-0.2, 0) is 0 Å². The zero-order valence-electron chi connectivity index (χ0n) is 16.6. The largest absolute Gasteiger partial charge is 0.369 e. The summed E-state index contributed by atoms with van der Waals surface area (Å²) in [6.07, 6.45) is 1.92. The zero-order chi connectivity index (χ0) is 19.8. The highest BCUT2D eigenvalue weighted by molar-refractivity contribution is 7.13. The number of piperazine rings is 1. The molecule has 1 aliphatic rings. The molecule has 0 bridgehead atoms. The van der Waals surface area contributed by atoms with Gasteiger partial charge in [0.15, 0.2) is 0 Å². The Morgan fingerprint density at radius 1 is 1.07 bits per heavy atom. The fourth-order valence-corrected chi connectivity index (χ4v) is 4.62. The number of benzene rings is 1. The maximum atomic E-state index is 4.85. The minimum Gasteiger partial charge on any atom is -0.369 e. The Bertz CT molecular complexity index is 1140. The van der Waals surface area contributed by atoms with Crippen molar-refractivity contribution in [2.24, 2.45) is 0 Å². The average Bonchev–Trinajstić information content (AvgIpc) is 3.37. The van der Waals surface area contributed by atoms with E-state index in [2.05, 4.69) is 74.8 Å². The van der Waals surface area contributed by atoms with Crippen LogP contribution < -0.4 is 10.2 Å². The molecule has 0 aliphatic carbocycles. The van der Waals surface area contributed by atoms with E-state index in [0.717, 1.165) is 53.5 Å². The second-order valence-electron chi connectivity index (χ2n) is 7.59. The van der Waals surface area contributed by atoms with Crippen LogP contribution in [0.1, 0.15) is 5.56 Å². The SMILES string of the molecule is Cc1csc(-c2nc(Nc3cccc(N4CCN(C)CC4)c3)nc3[nH]ccc23)c1. The first-order valence-electron chi connectivity index (χ1n) is 9.87. The van der Waals surface area contributed by atoms with Crippen LogP contribution in [0.3, 0.4) is 0 Å². The molecule has 4 aromatic rings. The van der Waals surface area contributed by atoms with Gasteiger partial charge in [-0.1, -0.05) is 6.07 Å². The Morgan fingerprint density at radius 2 is 1.93 bits per heavy atom. The smallest absolute Gasteiger partial charge is 0.229 e. The molecule has 0 amide bonds. The molecule has 1 saturated heterocycles. The fourth-order valence-electron chi connectivity index (χ4n) is 3.71. The van der Waals surface area contributed by atoms with Gasteiger partial charge < -0.3 is 20.1 Å². The number of nitrogens with one attached hydrogen (secondary N) is 2. The van der Waals surface area contributed by atoms with Crippen molar-refractivity contribution in [3.63, 3.8) is 0 Å². The van der Waals surface area contributed by atoms with Crippen molar-refractivity contribution in [2.45, 2.75) is 6.92 Å². The molecule has 1 aliphatic heterocycles. The quantitative estimate of drug-likeness (QED) is 0.525. The number of nitrogens with zero attached hydrogens (tertiary/aromatic N) is 4. The Morgan fingerprint density at radius 3 is 2.72 bits per heavy atom. The van der Waals surface area contributed by atoms with Crippen LogP contribution in [0.25, 0.3) is 21.6 Å². The predicted molar refractivity (Wildman–Crippen MR) is 121 cm³/mol. The third kappa shape index (κ3) is 3.71. The first kappa shape index (κ1) is 18.1. The van der Waals surface area contributed by atoms with Crippen molar-refractivity contribution in [3.05, 3.63) is 53.5 Å². The van der Waals surface area contributed by atoms with E-state index in [1.165, 1.54) is 11.3 Å². The van der Waals surface area contributed by atoms with Gasteiger partial charge in [0.1, 0.15) is 5.65 Å². The number of anilines is 3. The summed E-state index contributed by atoms with van der Waals surface area (Å²) in [5, 5.41) is 6.62. The van der Waals surface area contributed by atoms with Gasteiger partial charge >= 0.3 is 0 Å². The first-order valence-corrected chi connectivity index (χ1v) is 10.7. The highest BCUT2D eigenvalue weighted by Crippen LogP contribution is 2.32. The zero-order valence-corrected chi connectivity index (χ0v) is 17.5. The molecule has 1 fully saturated rings. The molecule has 0 radical (unpaired) electrons. The lowest BCUT2D eigenvalue weighted by atomic mass is 10.2. The van der Waals surface area contributed by atoms with Crippen LogP contribution >= 0.6 is 11.3 Å². The second kappa shape index (κ2) is 7.50. The standard InChI is InChI=1S/C22H24N6S/c1-15-12-19(29-14-15)20-18-6-7-23-21(18)26-22(25-20)24-16-4-3-5-17(13-16)28-10-8-27(2)9-11-28/h3-7,12-14H,8-11H2,1-2H3,(H2,23,24,25,26). The number of H-pyrrole nitrogens is 1. The van der Waals surface area contributed by atoms with E-state index < -0.39 is 0 Å². The lowest BCUT2D eigenvalue weighted by Gasteiger charge is -2.34.